The van der Waals surface area contributed by atoms with Crippen LogP contribution in [0.5, 0.6) is 0 Å². The highest BCUT2D eigenvalue weighted by molar-refractivity contribution is 5.75. The van der Waals surface area contributed by atoms with Crippen LogP contribution in [0.15, 0.2) is 97.1 Å². The number of rotatable bonds is 4. The molecule has 5 aliphatic rings. The van der Waals surface area contributed by atoms with Gasteiger partial charge in [0.15, 0.2) is 0 Å². The molecule has 9 rings (SSSR count). The molecule has 0 spiro atoms. The van der Waals surface area contributed by atoms with E-state index >= 15 is 0 Å². The van der Waals surface area contributed by atoms with Crippen molar-refractivity contribution >= 4 is 0 Å². The zero-order chi connectivity index (χ0) is 30.6. The van der Waals surface area contributed by atoms with Gasteiger partial charge >= 0.3 is 0 Å². The topological polar surface area (TPSA) is 36.3 Å². The second kappa shape index (κ2) is 11.8. The Hall–Kier alpha value is -3.71. The molecule has 0 radical (unpaired) electrons. The average molecular weight is 605 g/mol. The SMILES string of the molecule is N#Cc1ccc(-c2ccc(-c3cccc(-c4cccc(C5CCC6C(C5)OC5CCCC7C8CCCCC8N6C57)c4)c3)cc2)cc1. The Balaban J connectivity index is 0.933. The predicted octanol–water partition coefficient (Wildman–Crippen LogP) is 10.0. The Morgan fingerprint density at radius 3 is 2.00 bits per heavy atom. The Labute approximate surface area is 274 Å². The molecule has 0 bridgehead atoms. The quantitative estimate of drug-likeness (QED) is 0.233. The van der Waals surface area contributed by atoms with Crippen molar-refractivity contribution in [3.05, 3.63) is 108 Å². The minimum absolute atomic E-state index is 0.388. The van der Waals surface area contributed by atoms with Crippen molar-refractivity contribution in [2.24, 2.45) is 11.8 Å². The van der Waals surface area contributed by atoms with E-state index in [9.17, 15) is 0 Å². The summed E-state index contributed by atoms with van der Waals surface area (Å²) in [6, 6.07) is 39.3. The van der Waals surface area contributed by atoms with Crippen LogP contribution in [0.4, 0.5) is 0 Å². The molecule has 2 aliphatic heterocycles. The molecule has 0 aromatic heterocycles. The molecule has 4 aromatic carbocycles. The minimum atomic E-state index is 0.388. The van der Waals surface area contributed by atoms with Gasteiger partial charge in [-0.3, -0.25) is 4.90 Å². The lowest BCUT2D eigenvalue weighted by Gasteiger charge is -2.54. The summed E-state index contributed by atoms with van der Waals surface area (Å²) in [7, 11) is 0. The fourth-order valence-electron chi connectivity index (χ4n) is 10.5. The van der Waals surface area contributed by atoms with E-state index in [0.29, 0.717) is 35.8 Å². The summed E-state index contributed by atoms with van der Waals surface area (Å²) in [6.45, 7) is 0. The van der Waals surface area contributed by atoms with Gasteiger partial charge in [-0.25, -0.2) is 0 Å². The summed E-state index contributed by atoms with van der Waals surface area (Å²) in [5, 5.41) is 9.12. The molecule has 2 heterocycles. The maximum absolute atomic E-state index is 9.12. The van der Waals surface area contributed by atoms with Gasteiger partial charge in [0.25, 0.3) is 0 Å². The van der Waals surface area contributed by atoms with Gasteiger partial charge in [-0.05, 0) is 120 Å². The number of hydrogen-bond acceptors (Lipinski definition) is 3. The van der Waals surface area contributed by atoms with Crippen molar-refractivity contribution in [2.75, 3.05) is 0 Å². The molecule has 0 N–H and O–H groups in total. The highest BCUT2D eigenvalue weighted by atomic mass is 16.5. The lowest BCUT2D eigenvalue weighted by atomic mass is 9.72. The number of fused-ring (bicyclic) bond motifs is 5. The first-order valence-electron chi connectivity index (χ1n) is 18.0. The number of benzene rings is 4. The molecule has 46 heavy (non-hydrogen) atoms. The van der Waals surface area contributed by atoms with Crippen molar-refractivity contribution in [1.29, 1.82) is 5.26 Å². The van der Waals surface area contributed by atoms with Gasteiger partial charge in [-0.2, -0.15) is 5.26 Å². The third kappa shape index (κ3) is 4.93. The summed E-state index contributed by atoms with van der Waals surface area (Å²) in [6.07, 6.45) is 14.4. The van der Waals surface area contributed by atoms with Crippen LogP contribution < -0.4 is 0 Å². The molecule has 3 heteroatoms. The third-order valence-corrected chi connectivity index (χ3v) is 12.5. The molecule has 3 aliphatic carbocycles. The van der Waals surface area contributed by atoms with Crippen LogP contribution in [-0.4, -0.2) is 35.2 Å². The van der Waals surface area contributed by atoms with E-state index in [1.54, 1.807) is 0 Å². The zero-order valence-corrected chi connectivity index (χ0v) is 26.7. The fraction of sp³-hybridized carbons (Fsp3) is 0.419. The van der Waals surface area contributed by atoms with Crippen molar-refractivity contribution < 1.29 is 4.74 Å². The second-order valence-corrected chi connectivity index (χ2v) is 14.8. The van der Waals surface area contributed by atoms with Crippen LogP contribution in [0.3, 0.4) is 0 Å². The van der Waals surface area contributed by atoms with E-state index in [2.05, 4.69) is 83.8 Å². The van der Waals surface area contributed by atoms with E-state index < -0.39 is 0 Å². The fourth-order valence-corrected chi connectivity index (χ4v) is 10.5. The van der Waals surface area contributed by atoms with Crippen LogP contribution in [0, 0.1) is 23.2 Å². The maximum atomic E-state index is 9.12. The molecule has 232 valence electrons. The summed E-state index contributed by atoms with van der Waals surface area (Å²) < 4.78 is 7.10. The first-order chi connectivity index (χ1) is 22.7. The largest absolute Gasteiger partial charge is 0.372 e. The Morgan fingerprint density at radius 1 is 0.565 bits per heavy atom. The third-order valence-electron chi connectivity index (χ3n) is 12.5. The van der Waals surface area contributed by atoms with E-state index in [1.807, 2.05) is 24.3 Å². The number of nitrogens with zero attached hydrogens (tertiary/aromatic N) is 2. The monoisotopic (exact) mass is 604 g/mol. The summed E-state index contributed by atoms with van der Waals surface area (Å²) in [5.74, 6) is 2.41. The first kappa shape index (κ1) is 28.5. The van der Waals surface area contributed by atoms with Crippen LogP contribution in [0.25, 0.3) is 33.4 Å². The lowest BCUT2D eigenvalue weighted by Crippen LogP contribution is -2.63. The van der Waals surface area contributed by atoms with Crippen molar-refractivity contribution in [3.63, 3.8) is 0 Å². The molecule has 8 atom stereocenters. The standard InChI is InChI=1S/C43H44N2O/c44-27-28-14-16-29(17-15-28)30-18-20-31(21-19-30)32-6-3-7-33(24-32)34-8-4-9-35(25-34)36-22-23-40-42(26-36)46-41-13-5-11-38-37-10-1-2-12-39(37)45(40)43(38)41/h3-4,6-9,14-21,24-25,36-43H,1-2,5,10-13,22-23,26H2. The van der Waals surface area contributed by atoms with Gasteiger partial charge in [-0.1, -0.05) is 98.1 Å². The van der Waals surface area contributed by atoms with Crippen molar-refractivity contribution in [1.82, 2.24) is 4.90 Å². The van der Waals surface area contributed by atoms with Gasteiger partial charge in [0, 0.05) is 18.1 Å². The van der Waals surface area contributed by atoms with Gasteiger partial charge in [0.1, 0.15) is 0 Å². The molecule has 8 unspecified atom stereocenters. The molecule has 3 nitrogen and oxygen atoms in total. The molecule has 2 saturated heterocycles. The predicted molar refractivity (Wildman–Crippen MR) is 185 cm³/mol. The zero-order valence-electron chi connectivity index (χ0n) is 26.7. The smallest absolute Gasteiger partial charge is 0.0991 e. The van der Waals surface area contributed by atoms with Crippen molar-refractivity contribution in [3.8, 4) is 39.4 Å². The number of hydrogen-bond donors (Lipinski definition) is 0. The summed E-state index contributed by atoms with van der Waals surface area (Å²) >= 11 is 0. The van der Waals surface area contributed by atoms with E-state index in [4.69, 9.17) is 10.00 Å². The minimum Gasteiger partial charge on any atom is -0.372 e. The average Bonchev–Trinajstić information content (AvgIpc) is 3.47. The van der Waals surface area contributed by atoms with Gasteiger partial charge in [0.05, 0.1) is 23.8 Å². The van der Waals surface area contributed by atoms with Crippen LogP contribution in [0.2, 0.25) is 0 Å². The molecular formula is C43H44N2O. The maximum Gasteiger partial charge on any atom is 0.0991 e. The van der Waals surface area contributed by atoms with Crippen LogP contribution in [0.1, 0.15) is 81.3 Å². The van der Waals surface area contributed by atoms with E-state index in [-0.39, 0.29) is 0 Å². The molecule has 3 saturated carbocycles. The first-order valence-corrected chi connectivity index (χ1v) is 18.0. The summed E-state index contributed by atoms with van der Waals surface area (Å²) in [4.78, 5) is 3.08. The number of nitriles is 1. The number of ether oxygens (including phenoxy) is 1. The molecule has 4 aromatic rings. The van der Waals surface area contributed by atoms with Crippen LogP contribution in [-0.2, 0) is 4.74 Å². The van der Waals surface area contributed by atoms with Gasteiger partial charge in [-0.15, -0.1) is 0 Å². The summed E-state index contributed by atoms with van der Waals surface area (Å²) in [5.41, 5.74) is 9.50. The van der Waals surface area contributed by atoms with E-state index in [0.717, 1.165) is 29.0 Å². The molecule has 0 amide bonds. The lowest BCUT2D eigenvalue weighted by molar-refractivity contribution is -0.179. The second-order valence-electron chi connectivity index (χ2n) is 14.8. The Bertz CT molecular complexity index is 1750. The van der Waals surface area contributed by atoms with E-state index in [1.165, 1.54) is 92.0 Å². The molecule has 5 fully saturated rings. The normalized spacial score (nSPS) is 31.7. The molecular weight excluding hydrogens is 560 g/mol. The Kier molecular flexibility index (Phi) is 7.33. The number of morpholine rings is 1. The van der Waals surface area contributed by atoms with Gasteiger partial charge in [0.2, 0.25) is 0 Å². The van der Waals surface area contributed by atoms with Crippen molar-refractivity contribution in [2.45, 2.75) is 100 Å². The highest BCUT2D eigenvalue weighted by Gasteiger charge is 2.59. The highest BCUT2D eigenvalue weighted by Crippen LogP contribution is 2.55. The van der Waals surface area contributed by atoms with Crippen LogP contribution >= 0.6 is 0 Å². The Morgan fingerprint density at radius 2 is 1.22 bits per heavy atom. The van der Waals surface area contributed by atoms with Gasteiger partial charge < -0.3 is 4.74 Å².